The van der Waals surface area contributed by atoms with Gasteiger partial charge in [-0.3, -0.25) is 9.59 Å². The molecule has 0 saturated carbocycles. The lowest BCUT2D eigenvalue weighted by Gasteiger charge is -2.24. The molecule has 25 heavy (non-hydrogen) atoms. The molecule has 0 fully saturated rings. The van der Waals surface area contributed by atoms with Gasteiger partial charge in [-0.15, -0.1) is 0 Å². The van der Waals surface area contributed by atoms with E-state index in [2.05, 4.69) is 15.9 Å². The molecule has 1 unspecified atom stereocenters. The molecule has 0 N–H and O–H groups in total. The fourth-order valence-electron chi connectivity index (χ4n) is 2.33. The Morgan fingerprint density at radius 1 is 1.24 bits per heavy atom. The number of esters is 1. The molecule has 6 nitrogen and oxygen atoms in total. The van der Waals surface area contributed by atoms with Crippen molar-refractivity contribution in [2.75, 3.05) is 33.9 Å². The molecule has 1 atom stereocenters. The average molecular weight is 416 g/mol. The molecule has 0 aliphatic rings. The summed E-state index contributed by atoms with van der Waals surface area (Å²) in [5.41, 5.74) is 0.464. The molecule has 1 amide bonds. The van der Waals surface area contributed by atoms with Crippen LogP contribution < -0.4 is 9.47 Å². The lowest BCUT2D eigenvalue weighted by Crippen LogP contribution is -2.37. The summed E-state index contributed by atoms with van der Waals surface area (Å²) in [6.45, 7) is 6.94. The van der Waals surface area contributed by atoms with Crippen LogP contribution in [0.4, 0.5) is 0 Å². The van der Waals surface area contributed by atoms with E-state index in [1.807, 2.05) is 13.8 Å². The largest absolute Gasteiger partial charge is 0.493 e. The third kappa shape index (κ3) is 5.63. The number of hydrogen-bond donors (Lipinski definition) is 0. The Labute approximate surface area is 157 Å². The highest BCUT2D eigenvalue weighted by molar-refractivity contribution is 9.10. The average Bonchev–Trinajstić information content (AvgIpc) is 2.62. The van der Waals surface area contributed by atoms with E-state index in [1.165, 1.54) is 14.2 Å². The van der Waals surface area contributed by atoms with Gasteiger partial charge in [0.2, 0.25) is 0 Å². The van der Waals surface area contributed by atoms with Gasteiger partial charge in [-0.2, -0.15) is 0 Å². The van der Waals surface area contributed by atoms with Crippen molar-refractivity contribution in [1.29, 1.82) is 0 Å². The first-order chi connectivity index (χ1) is 11.9. The summed E-state index contributed by atoms with van der Waals surface area (Å²) in [6, 6.07) is 3.37. The van der Waals surface area contributed by atoms with Crippen LogP contribution in [-0.2, 0) is 9.53 Å². The van der Waals surface area contributed by atoms with E-state index >= 15 is 0 Å². The number of methoxy groups -OCH3 is 2. The molecule has 1 aromatic carbocycles. The van der Waals surface area contributed by atoms with E-state index in [1.54, 1.807) is 24.0 Å². The topological polar surface area (TPSA) is 65.1 Å². The van der Waals surface area contributed by atoms with E-state index in [4.69, 9.17) is 14.2 Å². The van der Waals surface area contributed by atoms with Crippen molar-refractivity contribution >= 4 is 27.8 Å². The molecule has 0 bridgehead atoms. The van der Waals surface area contributed by atoms with Crippen molar-refractivity contribution in [3.63, 3.8) is 0 Å². The minimum absolute atomic E-state index is 0.181. The lowest BCUT2D eigenvalue weighted by atomic mass is 10.1. The van der Waals surface area contributed by atoms with E-state index in [9.17, 15) is 9.59 Å². The molecule has 0 heterocycles. The molecule has 140 valence electrons. The molecule has 1 aromatic rings. The molecular weight excluding hydrogens is 390 g/mol. The molecule has 0 aromatic heterocycles. The fraction of sp³-hybridized carbons (Fsp3) is 0.556. The summed E-state index contributed by atoms with van der Waals surface area (Å²) < 4.78 is 16.4. The highest BCUT2D eigenvalue weighted by Gasteiger charge is 2.23. The Balaban J connectivity index is 3.06. The van der Waals surface area contributed by atoms with Crippen molar-refractivity contribution < 1.29 is 23.8 Å². The standard InChI is InChI=1S/C18H26BrNO5/c1-6-8-25-16-14(19)9-13(10-15(16)23-4)17(21)20(7-2)11-12(3)18(22)24-5/h9-10,12H,6-8,11H2,1-5H3. The van der Waals surface area contributed by atoms with Crippen molar-refractivity contribution in [2.45, 2.75) is 27.2 Å². The number of rotatable bonds is 9. The molecule has 0 aliphatic heterocycles. The summed E-state index contributed by atoms with van der Waals surface area (Å²) in [5, 5.41) is 0. The first-order valence-corrected chi connectivity index (χ1v) is 9.06. The number of halogens is 1. The Morgan fingerprint density at radius 3 is 2.44 bits per heavy atom. The third-order valence-corrected chi connectivity index (χ3v) is 4.28. The molecule has 0 spiro atoms. The zero-order valence-electron chi connectivity index (χ0n) is 15.4. The van der Waals surface area contributed by atoms with Crippen LogP contribution in [0.2, 0.25) is 0 Å². The van der Waals surface area contributed by atoms with Crippen LogP contribution in [0.5, 0.6) is 11.5 Å². The second-order valence-corrected chi connectivity index (χ2v) is 6.46. The third-order valence-electron chi connectivity index (χ3n) is 3.69. The molecule has 1 rings (SSSR count). The molecular formula is C18H26BrNO5. The normalized spacial score (nSPS) is 11.6. The predicted octanol–water partition coefficient (Wildman–Crippen LogP) is 3.52. The van der Waals surface area contributed by atoms with Gasteiger partial charge in [-0.1, -0.05) is 13.8 Å². The maximum absolute atomic E-state index is 12.8. The Kier molecular flexibility index (Phi) is 8.75. The Morgan fingerprint density at radius 2 is 1.92 bits per heavy atom. The van der Waals surface area contributed by atoms with Gasteiger partial charge >= 0.3 is 5.97 Å². The second kappa shape index (κ2) is 10.3. The van der Waals surface area contributed by atoms with Crippen LogP contribution in [0.3, 0.4) is 0 Å². The zero-order valence-corrected chi connectivity index (χ0v) is 17.0. The van der Waals surface area contributed by atoms with Crippen LogP contribution in [0.25, 0.3) is 0 Å². The van der Waals surface area contributed by atoms with Crippen molar-refractivity contribution in [2.24, 2.45) is 5.92 Å². The number of ether oxygens (including phenoxy) is 3. The van der Waals surface area contributed by atoms with Crippen molar-refractivity contribution in [3.05, 3.63) is 22.2 Å². The van der Waals surface area contributed by atoms with Gasteiger partial charge in [0.1, 0.15) is 0 Å². The fourth-order valence-corrected chi connectivity index (χ4v) is 2.89. The van der Waals surface area contributed by atoms with E-state index in [0.29, 0.717) is 34.7 Å². The minimum Gasteiger partial charge on any atom is -0.493 e. The highest BCUT2D eigenvalue weighted by atomic mass is 79.9. The zero-order chi connectivity index (χ0) is 19.0. The first kappa shape index (κ1) is 21.3. The smallest absolute Gasteiger partial charge is 0.310 e. The van der Waals surface area contributed by atoms with Gasteiger partial charge in [0.05, 0.1) is 31.2 Å². The van der Waals surface area contributed by atoms with Gasteiger partial charge in [0, 0.05) is 18.7 Å². The number of carbonyl (C=O) groups excluding carboxylic acids is 2. The number of nitrogens with zero attached hydrogens (tertiary/aromatic N) is 1. The van der Waals surface area contributed by atoms with Gasteiger partial charge in [0.15, 0.2) is 11.5 Å². The quantitative estimate of drug-likeness (QED) is 0.577. The van der Waals surface area contributed by atoms with Crippen LogP contribution >= 0.6 is 15.9 Å². The van der Waals surface area contributed by atoms with Crippen molar-refractivity contribution in [1.82, 2.24) is 4.90 Å². The molecule has 0 saturated heterocycles. The number of carbonyl (C=O) groups is 2. The summed E-state index contributed by atoms with van der Waals surface area (Å²) in [6.07, 6.45) is 0.866. The van der Waals surface area contributed by atoms with Crippen LogP contribution in [0, 0.1) is 5.92 Å². The SMILES string of the molecule is CCCOc1c(Br)cc(C(=O)N(CC)CC(C)C(=O)OC)cc1OC. The van der Waals surface area contributed by atoms with Gasteiger partial charge in [-0.05, 0) is 41.4 Å². The first-order valence-electron chi connectivity index (χ1n) is 8.26. The Bertz CT molecular complexity index is 605. The predicted molar refractivity (Wildman–Crippen MR) is 99.2 cm³/mol. The molecule has 7 heteroatoms. The molecule has 0 aliphatic carbocycles. The van der Waals surface area contributed by atoms with Crippen LogP contribution in [0.15, 0.2) is 16.6 Å². The van der Waals surface area contributed by atoms with E-state index < -0.39 is 5.92 Å². The van der Waals surface area contributed by atoms with Crippen molar-refractivity contribution in [3.8, 4) is 11.5 Å². The van der Waals surface area contributed by atoms with E-state index in [0.717, 1.165) is 6.42 Å². The number of benzene rings is 1. The highest BCUT2D eigenvalue weighted by Crippen LogP contribution is 2.37. The summed E-state index contributed by atoms with van der Waals surface area (Å²) >= 11 is 3.44. The maximum Gasteiger partial charge on any atom is 0.310 e. The maximum atomic E-state index is 12.8. The van der Waals surface area contributed by atoms with Crippen LogP contribution in [0.1, 0.15) is 37.6 Å². The monoisotopic (exact) mass is 415 g/mol. The molecule has 0 radical (unpaired) electrons. The van der Waals surface area contributed by atoms with Crippen LogP contribution in [-0.4, -0.2) is 50.7 Å². The number of amides is 1. The summed E-state index contributed by atoms with van der Waals surface area (Å²) in [7, 11) is 2.87. The van der Waals surface area contributed by atoms with Gasteiger partial charge < -0.3 is 19.1 Å². The summed E-state index contributed by atoms with van der Waals surface area (Å²) in [4.78, 5) is 26.0. The lowest BCUT2D eigenvalue weighted by molar-refractivity contribution is -0.145. The van der Waals surface area contributed by atoms with Gasteiger partial charge in [-0.25, -0.2) is 0 Å². The summed E-state index contributed by atoms with van der Waals surface area (Å²) in [5.74, 6) is 0.147. The van der Waals surface area contributed by atoms with E-state index in [-0.39, 0.29) is 18.4 Å². The number of hydrogen-bond acceptors (Lipinski definition) is 5. The minimum atomic E-state index is -0.397. The second-order valence-electron chi connectivity index (χ2n) is 5.61. The van der Waals surface area contributed by atoms with Gasteiger partial charge in [0.25, 0.3) is 5.91 Å². The Hall–Kier alpha value is -1.76.